The predicted molar refractivity (Wildman–Crippen MR) is 230 cm³/mol. The Morgan fingerprint density at radius 2 is 0.590 bits per heavy atom. The highest BCUT2D eigenvalue weighted by Gasteiger charge is 2.29. The fraction of sp³-hybridized carbons (Fsp3) is 0.825. The molecule has 0 rings (SSSR count). The number of unbranched alkanes of at least 4 members (excludes halogenated alkanes) is 3. The fourth-order valence-electron chi connectivity index (χ4n) is 5.99. The second-order valence-corrected chi connectivity index (χ2v) is 14.4. The van der Waals surface area contributed by atoms with E-state index < -0.39 is 42.6 Å². The van der Waals surface area contributed by atoms with Crippen LogP contribution >= 0.6 is 0 Å². The molecule has 0 saturated carbocycles. The molecule has 0 unspecified atom stereocenters. The average Bonchev–Trinajstić information content (AvgIpc) is 3.24. The van der Waals surface area contributed by atoms with E-state index in [0.29, 0.717) is 58.4 Å². The molecule has 0 atom stereocenters. The molecule has 0 heterocycles. The van der Waals surface area contributed by atoms with Crippen molar-refractivity contribution in [2.24, 2.45) is 17.2 Å². The Bertz CT molecular complexity index is 1280. The highest BCUT2D eigenvalue weighted by Crippen LogP contribution is 2.07. The summed E-state index contributed by atoms with van der Waals surface area (Å²) in [6, 6.07) is 0. The summed E-state index contributed by atoms with van der Waals surface area (Å²) < 4.78 is 20.8. The van der Waals surface area contributed by atoms with Crippen LogP contribution in [-0.2, 0) is 52.5 Å². The van der Waals surface area contributed by atoms with Gasteiger partial charge in [0, 0.05) is 87.7 Å². The van der Waals surface area contributed by atoms with Gasteiger partial charge >= 0.3 is 0 Å². The summed E-state index contributed by atoms with van der Waals surface area (Å²) in [4.78, 5) is 104. The van der Waals surface area contributed by atoms with Gasteiger partial charge in [0.2, 0.25) is 41.4 Å². The molecular weight excluding hydrogens is 796 g/mol. The molecule has 7 amide bonds. The summed E-state index contributed by atoms with van der Waals surface area (Å²) >= 11 is 0. The lowest BCUT2D eigenvalue weighted by Gasteiger charge is -2.32. The second-order valence-electron chi connectivity index (χ2n) is 14.4. The monoisotopic (exact) mass is 875 g/mol. The third-order valence-corrected chi connectivity index (χ3v) is 9.81. The first-order valence-electron chi connectivity index (χ1n) is 21.3. The molecular formula is C40H78N10O11. The third kappa shape index (κ3) is 24.9. The zero-order valence-corrected chi connectivity index (χ0v) is 37.9. The van der Waals surface area contributed by atoms with Gasteiger partial charge in [0.15, 0.2) is 0 Å². The maximum atomic E-state index is 14.1. The van der Waals surface area contributed by atoms with Gasteiger partial charge in [-0.05, 0) is 65.1 Å². The predicted octanol–water partition coefficient (Wildman–Crippen LogP) is -2.37. The maximum Gasteiger partial charge on any atom is 0.242 e. The summed E-state index contributed by atoms with van der Waals surface area (Å²) in [5.41, 5.74) is 17.1. The normalized spacial score (nSPS) is 10.9. The molecule has 0 spiro atoms. The number of carbonyl (C=O) groups excluding carboxylic acids is 7. The van der Waals surface area contributed by atoms with Crippen molar-refractivity contribution in [3.63, 3.8) is 0 Å². The summed E-state index contributed by atoms with van der Waals surface area (Å²) in [5, 5.41) is 0. The van der Waals surface area contributed by atoms with Crippen LogP contribution in [0.15, 0.2) is 0 Å². The zero-order valence-electron chi connectivity index (χ0n) is 37.9. The SMILES string of the molecule is CCN(CCCCN)C(=O)CN(CCOC)C(=O)CN(CCOC)C(=O)CN(CCCCN)C(=O)CN(CCOC)C(=O)CN(CCCCN)C(=O)CN(CCOC)C(C)=O. The van der Waals surface area contributed by atoms with E-state index >= 15 is 0 Å². The van der Waals surface area contributed by atoms with Crippen LogP contribution in [-0.4, -0.2) is 242 Å². The number of hydrogen-bond acceptors (Lipinski definition) is 14. The Morgan fingerprint density at radius 1 is 0.361 bits per heavy atom. The summed E-state index contributed by atoms with van der Waals surface area (Å²) in [7, 11) is 5.88. The molecule has 21 heteroatoms. The third-order valence-electron chi connectivity index (χ3n) is 9.81. The minimum absolute atomic E-state index is 0.0108. The average molecular weight is 875 g/mol. The van der Waals surface area contributed by atoms with Gasteiger partial charge in [-0.25, -0.2) is 0 Å². The molecule has 0 aromatic rings. The molecule has 0 radical (unpaired) electrons. The van der Waals surface area contributed by atoms with Crippen LogP contribution in [0.3, 0.4) is 0 Å². The molecule has 21 nitrogen and oxygen atoms in total. The quantitative estimate of drug-likeness (QED) is 0.0552. The molecule has 6 N–H and O–H groups in total. The number of nitrogens with two attached hydrogens (primary N) is 3. The van der Waals surface area contributed by atoms with Crippen LogP contribution in [0.4, 0.5) is 0 Å². The van der Waals surface area contributed by atoms with E-state index in [0.717, 1.165) is 12.8 Å². The van der Waals surface area contributed by atoms with Gasteiger partial charge in [-0.2, -0.15) is 0 Å². The van der Waals surface area contributed by atoms with Crippen molar-refractivity contribution in [2.75, 3.05) is 166 Å². The molecule has 0 bridgehead atoms. The molecule has 0 saturated heterocycles. The van der Waals surface area contributed by atoms with E-state index in [9.17, 15) is 33.6 Å². The number of rotatable bonds is 37. The highest BCUT2D eigenvalue weighted by atomic mass is 16.5. The first-order valence-corrected chi connectivity index (χ1v) is 21.3. The number of ether oxygens (including phenoxy) is 4. The lowest BCUT2D eigenvalue weighted by molar-refractivity contribution is -0.149. The lowest BCUT2D eigenvalue weighted by Crippen LogP contribution is -2.53. The van der Waals surface area contributed by atoms with Crippen molar-refractivity contribution < 1.29 is 52.5 Å². The van der Waals surface area contributed by atoms with Gasteiger partial charge in [-0.3, -0.25) is 33.6 Å². The Balaban J connectivity index is 6.37. The summed E-state index contributed by atoms with van der Waals surface area (Å²) in [5.74, 6) is -3.14. The van der Waals surface area contributed by atoms with E-state index in [1.165, 1.54) is 64.8 Å². The van der Waals surface area contributed by atoms with Crippen LogP contribution in [0, 0.1) is 0 Å². The van der Waals surface area contributed by atoms with E-state index in [-0.39, 0.29) is 104 Å². The molecule has 0 aromatic heterocycles. The Morgan fingerprint density at radius 3 is 0.836 bits per heavy atom. The number of nitrogens with zero attached hydrogens (tertiary/aromatic N) is 7. The van der Waals surface area contributed by atoms with Gasteiger partial charge < -0.3 is 70.4 Å². The molecule has 0 aliphatic heterocycles. The van der Waals surface area contributed by atoms with Crippen molar-refractivity contribution in [3.8, 4) is 0 Å². The molecule has 0 fully saturated rings. The first-order chi connectivity index (χ1) is 29.3. The number of hydrogen-bond donors (Lipinski definition) is 3. The van der Waals surface area contributed by atoms with Crippen LogP contribution < -0.4 is 17.2 Å². The number of likely N-dealkylation sites (N-methyl/N-ethyl adjacent to an activating group) is 1. The second kappa shape index (κ2) is 35.6. The van der Waals surface area contributed by atoms with Gasteiger partial charge in [0.1, 0.15) is 0 Å². The van der Waals surface area contributed by atoms with Crippen LogP contribution in [0.25, 0.3) is 0 Å². The molecule has 0 aliphatic carbocycles. The smallest absolute Gasteiger partial charge is 0.242 e. The van der Waals surface area contributed by atoms with Crippen molar-refractivity contribution in [1.82, 2.24) is 34.3 Å². The molecule has 0 aromatic carbocycles. The topological polar surface area (TPSA) is 257 Å². The number of methoxy groups -OCH3 is 4. The van der Waals surface area contributed by atoms with Crippen molar-refractivity contribution >= 4 is 41.4 Å². The zero-order chi connectivity index (χ0) is 46.0. The van der Waals surface area contributed by atoms with E-state index in [4.69, 9.17) is 36.1 Å². The van der Waals surface area contributed by atoms with Gasteiger partial charge in [-0.15, -0.1) is 0 Å². The van der Waals surface area contributed by atoms with E-state index in [1.54, 1.807) is 4.90 Å². The molecule has 61 heavy (non-hydrogen) atoms. The molecule has 354 valence electrons. The standard InChI is InChI=1S/C40H78N10O11/c1-7-44(17-11-8-14-41)35(52)29-48(21-25-59-4)40(57)33-50(23-27-61-6)39(56)31-47(19-13-10-16-43)37(54)32-49(22-26-60-5)38(55)30-46(18-12-9-15-42)36(53)28-45(34(2)51)20-24-58-3/h7-33,41-43H2,1-6H3. The van der Waals surface area contributed by atoms with Crippen molar-refractivity contribution in [1.29, 1.82) is 0 Å². The number of carbonyl (C=O) groups is 7. The Labute approximate surface area is 363 Å². The first kappa shape index (κ1) is 57.0. The summed E-state index contributed by atoms with van der Waals surface area (Å²) in [6.07, 6.45) is 3.61. The fourth-order valence-corrected chi connectivity index (χ4v) is 5.99. The maximum absolute atomic E-state index is 14.1. The van der Waals surface area contributed by atoms with Crippen molar-refractivity contribution in [2.45, 2.75) is 52.4 Å². The summed E-state index contributed by atoms with van der Waals surface area (Å²) in [6.45, 7) is 4.54. The minimum Gasteiger partial charge on any atom is -0.383 e. The van der Waals surface area contributed by atoms with Crippen LogP contribution in [0.2, 0.25) is 0 Å². The van der Waals surface area contributed by atoms with Crippen LogP contribution in [0.1, 0.15) is 52.4 Å². The largest absolute Gasteiger partial charge is 0.383 e. The van der Waals surface area contributed by atoms with Gasteiger partial charge in [-0.1, -0.05) is 0 Å². The van der Waals surface area contributed by atoms with E-state index in [2.05, 4.69) is 0 Å². The minimum atomic E-state index is -0.545. The van der Waals surface area contributed by atoms with Crippen molar-refractivity contribution in [3.05, 3.63) is 0 Å². The highest BCUT2D eigenvalue weighted by molar-refractivity contribution is 5.92. The van der Waals surface area contributed by atoms with Gasteiger partial charge in [0.25, 0.3) is 0 Å². The van der Waals surface area contributed by atoms with Crippen LogP contribution in [0.5, 0.6) is 0 Å². The van der Waals surface area contributed by atoms with E-state index in [1.807, 2.05) is 6.92 Å². The lowest BCUT2D eigenvalue weighted by atomic mass is 10.2. The Kier molecular flexibility index (Phi) is 33.3. The number of amides is 7. The molecule has 0 aliphatic rings. The Hall–Kier alpha value is -3.99. The van der Waals surface area contributed by atoms with Gasteiger partial charge in [0.05, 0.1) is 65.7 Å².